The van der Waals surface area contributed by atoms with Gasteiger partial charge in [-0.25, -0.2) is 13.2 Å². The number of piperidine rings is 2. The van der Waals surface area contributed by atoms with Crippen LogP contribution in [0.15, 0.2) is 36.4 Å². The first kappa shape index (κ1) is 24.8. The minimum absolute atomic E-state index is 0.0269. The Balaban J connectivity index is 1.48. The van der Waals surface area contributed by atoms with Crippen molar-refractivity contribution in [2.75, 3.05) is 31.1 Å². The molecule has 1 atom stereocenters. The van der Waals surface area contributed by atoms with Gasteiger partial charge in [0, 0.05) is 44.4 Å². The minimum atomic E-state index is -1.01. The largest absolute Gasteiger partial charge is 0.455 e. The lowest BCUT2D eigenvalue weighted by Crippen LogP contribution is -2.53. The summed E-state index contributed by atoms with van der Waals surface area (Å²) in [6, 6.07) is 7.73. The van der Waals surface area contributed by atoms with Crippen molar-refractivity contribution in [1.82, 2.24) is 4.90 Å². The van der Waals surface area contributed by atoms with E-state index in [4.69, 9.17) is 9.47 Å². The maximum absolute atomic E-state index is 14.2. The van der Waals surface area contributed by atoms with E-state index in [1.54, 1.807) is 6.07 Å². The molecule has 2 heterocycles. The molecule has 4 rings (SSSR count). The molecule has 2 fully saturated rings. The van der Waals surface area contributed by atoms with Crippen LogP contribution >= 0.6 is 0 Å². The van der Waals surface area contributed by atoms with Crippen molar-refractivity contribution in [2.24, 2.45) is 5.41 Å². The van der Waals surface area contributed by atoms with Crippen LogP contribution in [0.1, 0.15) is 46.5 Å². The molecule has 2 aromatic rings. The molecule has 1 unspecified atom stereocenters. The summed E-state index contributed by atoms with van der Waals surface area (Å²) < 4.78 is 53.3. The number of likely N-dealkylation sites (tertiary alicyclic amines) is 1. The average Bonchev–Trinajstić information content (AvgIpc) is 2.76. The van der Waals surface area contributed by atoms with Gasteiger partial charge in [-0.1, -0.05) is 6.07 Å². The first-order chi connectivity index (χ1) is 16.0. The number of aliphatic hydroxyl groups is 1. The second-order valence-electron chi connectivity index (χ2n) is 10.4. The van der Waals surface area contributed by atoms with Crippen molar-refractivity contribution in [2.45, 2.75) is 58.5 Å². The van der Waals surface area contributed by atoms with E-state index in [9.17, 15) is 18.3 Å². The Morgan fingerprint density at radius 1 is 0.971 bits per heavy atom. The Morgan fingerprint density at radius 3 is 2.35 bits per heavy atom. The topological polar surface area (TPSA) is 45.2 Å². The molecule has 5 nitrogen and oxygen atoms in total. The summed E-state index contributed by atoms with van der Waals surface area (Å²) in [5.41, 5.74) is 0.0267. The van der Waals surface area contributed by atoms with E-state index >= 15 is 0 Å². The molecule has 186 valence electrons. The van der Waals surface area contributed by atoms with Gasteiger partial charge in [-0.3, -0.25) is 4.90 Å². The van der Waals surface area contributed by atoms with Crippen LogP contribution in [0.4, 0.5) is 18.9 Å². The highest BCUT2D eigenvalue weighted by molar-refractivity contribution is 5.60. The van der Waals surface area contributed by atoms with Gasteiger partial charge in [-0.15, -0.1) is 0 Å². The molecule has 2 aliphatic rings. The Bertz CT molecular complexity index is 1000. The van der Waals surface area contributed by atoms with Crippen LogP contribution in [-0.4, -0.2) is 48.2 Å². The quantitative estimate of drug-likeness (QED) is 0.561. The molecule has 0 aliphatic carbocycles. The van der Waals surface area contributed by atoms with Crippen LogP contribution in [0.3, 0.4) is 0 Å². The zero-order valence-electron chi connectivity index (χ0n) is 20.0. The molecule has 1 N–H and O–H groups in total. The van der Waals surface area contributed by atoms with E-state index in [-0.39, 0.29) is 16.9 Å². The predicted octanol–water partition coefficient (Wildman–Crippen LogP) is 5.67. The molecule has 2 saturated heterocycles. The van der Waals surface area contributed by atoms with E-state index in [0.29, 0.717) is 18.8 Å². The molecular weight excluding hydrogens is 445 g/mol. The van der Waals surface area contributed by atoms with Crippen LogP contribution in [0, 0.1) is 22.9 Å². The number of rotatable bonds is 5. The summed E-state index contributed by atoms with van der Waals surface area (Å²) >= 11 is 0. The Morgan fingerprint density at radius 2 is 1.68 bits per heavy atom. The first-order valence-electron chi connectivity index (χ1n) is 11.8. The van der Waals surface area contributed by atoms with Crippen LogP contribution in [0.5, 0.6) is 11.5 Å². The summed E-state index contributed by atoms with van der Waals surface area (Å²) in [6.45, 7) is 8.52. The summed E-state index contributed by atoms with van der Waals surface area (Å²) in [6.07, 6.45) is 2.73. The van der Waals surface area contributed by atoms with Gasteiger partial charge in [0.25, 0.3) is 0 Å². The van der Waals surface area contributed by atoms with Crippen LogP contribution in [0.2, 0.25) is 0 Å². The zero-order valence-corrected chi connectivity index (χ0v) is 20.0. The maximum Gasteiger partial charge on any atom is 0.216 e. The van der Waals surface area contributed by atoms with Gasteiger partial charge in [0.1, 0.15) is 11.6 Å². The Hall–Kier alpha value is -2.29. The lowest BCUT2D eigenvalue weighted by molar-refractivity contribution is -0.250. The van der Waals surface area contributed by atoms with Crippen molar-refractivity contribution < 1.29 is 27.8 Å². The van der Waals surface area contributed by atoms with Gasteiger partial charge in [-0.05, 0) is 64.0 Å². The van der Waals surface area contributed by atoms with E-state index in [0.717, 1.165) is 50.9 Å². The number of aliphatic hydroxyl groups excluding tert-OH is 1. The highest BCUT2D eigenvalue weighted by atomic mass is 19.2. The highest BCUT2D eigenvalue weighted by Crippen LogP contribution is 2.43. The minimum Gasteiger partial charge on any atom is -0.455 e. The third kappa shape index (κ3) is 5.85. The van der Waals surface area contributed by atoms with Gasteiger partial charge in [0.2, 0.25) is 6.41 Å². The lowest BCUT2D eigenvalue weighted by atomic mass is 9.72. The monoisotopic (exact) mass is 478 g/mol. The summed E-state index contributed by atoms with van der Waals surface area (Å²) in [7, 11) is 0. The van der Waals surface area contributed by atoms with Gasteiger partial charge >= 0.3 is 0 Å². The van der Waals surface area contributed by atoms with E-state index in [2.05, 4.69) is 0 Å². The number of anilines is 1. The van der Waals surface area contributed by atoms with Crippen molar-refractivity contribution in [3.8, 4) is 11.5 Å². The molecule has 0 radical (unpaired) electrons. The highest BCUT2D eigenvalue weighted by Gasteiger charge is 2.41. The lowest BCUT2D eigenvalue weighted by Gasteiger charge is -2.49. The number of ether oxygens (including phenoxy) is 2. The number of benzene rings is 2. The molecule has 8 heteroatoms. The SMILES string of the molecule is CC(C)(C)OC(O)N1CCCC2(CCN(c3cc(F)c(F)cc3Oc3cccc(F)c3)CC2)C1. The fourth-order valence-corrected chi connectivity index (χ4v) is 4.96. The van der Waals surface area contributed by atoms with Gasteiger partial charge in [0.15, 0.2) is 17.4 Å². The third-order valence-corrected chi connectivity index (χ3v) is 6.65. The zero-order chi connectivity index (χ0) is 24.5. The number of halogens is 3. The van der Waals surface area contributed by atoms with Gasteiger partial charge in [-0.2, -0.15) is 0 Å². The van der Waals surface area contributed by atoms with E-state index in [1.165, 1.54) is 18.2 Å². The van der Waals surface area contributed by atoms with E-state index < -0.39 is 29.5 Å². The predicted molar refractivity (Wildman–Crippen MR) is 124 cm³/mol. The average molecular weight is 479 g/mol. The normalized spacial score (nSPS) is 19.9. The van der Waals surface area contributed by atoms with Crippen molar-refractivity contribution in [3.63, 3.8) is 0 Å². The van der Waals surface area contributed by atoms with Crippen LogP contribution in [0.25, 0.3) is 0 Å². The molecule has 0 bridgehead atoms. The van der Waals surface area contributed by atoms with Crippen molar-refractivity contribution in [1.29, 1.82) is 0 Å². The van der Waals surface area contributed by atoms with Gasteiger partial charge in [0.05, 0.1) is 11.3 Å². The van der Waals surface area contributed by atoms with E-state index in [1.807, 2.05) is 30.6 Å². The molecular formula is C26H33F3N2O3. The summed E-state index contributed by atoms with van der Waals surface area (Å²) in [5.74, 6) is -2.06. The van der Waals surface area contributed by atoms with Crippen LogP contribution in [-0.2, 0) is 4.74 Å². The van der Waals surface area contributed by atoms with Crippen molar-refractivity contribution in [3.05, 3.63) is 53.8 Å². The second-order valence-corrected chi connectivity index (χ2v) is 10.4. The molecule has 34 heavy (non-hydrogen) atoms. The number of hydrogen-bond acceptors (Lipinski definition) is 5. The molecule has 0 amide bonds. The molecule has 1 spiro atoms. The Labute approximate surface area is 199 Å². The fourth-order valence-electron chi connectivity index (χ4n) is 4.96. The molecule has 0 aromatic heterocycles. The Kier molecular flexibility index (Phi) is 7.12. The summed E-state index contributed by atoms with van der Waals surface area (Å²) in [4.78, 5) is 3.98. The molecule has 0 saturated carbocycles. The van der Waals surface area contributed by atoms with Gasteiger partial charge < -0.3 is 19.5 Å². The molecule has 2 aliphatic heterocycles. The number of hydrogen-bond donors (Lipinski definition) is 1. The molecule has 2 aromatic carbocycles. The fraction of sp³-hybridized carbons (Fsp3) is 0.538. The standard InChI is InChI=1S/C26H33F3N2O3/c1-25(2,3)34-24(32)31-11-5-8-26(17-31)9-12-30(13-10-26)22-15-20(28)21(29)16-23(22)33-19-7-4-6-18(27)14-19/h4,6-7,14-16,24,32H,5,8-13,17H2,1-3H3. The van der Waals surface area contributed by atoms with Crippen molar-refractivity contribution >= 4 is 5.69 Å². The first-order valence-corrected chi connectivity index (χ1v) is 11.8. The number of nitrogens with zero attached hydrogens (tertiary/aromatic N) is 2. The maximum atomic E-state index is 14.2. The smallest absolute Gasteiger partial charge is 0.216 e. The van der Waals surface area contributed by atoms with Crippen LogP contribution < -0.4 is 9.64 Å². The second kappa shape index (κ2) is 9.76. The summed E-state index contributed by atoms with van der Waals surface area (Å²) in [5, 5.41) is 10.6. The third-order valence-electron chi connectivity index (χ3n) is 6.65.